The fourth-order valence-corrected chi connectivity index (χ4v) is 2.03. The molecule has 1 unspecified atom stereocenters. The molecule has 1 atom stereocenters. The summed E-state index contributed by atoms with van der Waals surface area (Å²) >= 11 is 0. The number of rotatable bonds is 5. The van der Waals surface area contributed by atoms with Crippen molar-refractivity contribution in [1.29, 1.82) is 0 Å². The van der Waals surface area contributed by atoms with E-state index in [2.05, 4.69) is 5.32 Å². The molecule has 0 radical (unpaired) electrons. The summed E-state index contributed by atoms with van der Waals surface area (Å²) in [6.07, 6.45) is 0. The number of aromatic hydroxyl groups is 1. The standard InChI is InChI=1S/C14H21NO4/c1-9(2)15-14(3,13(17)19-5)10-6-7-11(16)12(8-10)18-4/h6-9,15-16H,1-5H3. The van der Waals surface area contributed by atoms with Gasteiger partial charge in [-0.3, -0.25) is 5.32 Å². The molecule has 106 valence electrons. The molecule has 5 heteroatoms. The number of methoxy groups -OCH3 is 2. The van der Waals surface area contributed by atoms with Gasteiger partial charge < -0.3 is 14.6 Å². The van der Waals surface area contributed by atoms with E-state index in [0.717, 1.165) is 0 Å². The van der Waals surface area contributed by atoms with Gasteiger partial charge in [-0.15, -0.1) is 0 Å². The molecule has 0 saturated heterocycles. The van der Waals surface area contributed by atoms with Gasteiger partial charge in [0.2, 0.25) is 0 Å². The number of carbonyl (C=O) groups excluding carboxylic acids is 1. The Morgan fingerprint density at radius 1 is 1.37 bits per heavy atom. The first-order chi connectivity index (χ1) is 8.85. The normalized spacial score (nSPS) is 14.0. The smallest absolute Gasteiger partial charge is 0.330 e. The van der Waals surface area contributed by atoms with E-state index in [0.29, 0.717) is 11.3 Å². The molecule has 0 bridgehead atoms. The topological polar surface area (TPSA) is 67.8 Å². The van der Waals surface area contributed by atoms with Gasteiger partial charge in [-0.2, -0.15) is 0 Å². The minimum absolute atomic E-state index is 0.0306. The quantitative estimate of drug-likeness (QED) is 0.796. The molecule has 19 heavy (non-hydrogen) atoms. The minimum Gasteiger partial charge on any atom is -0.504 e. The van der Waals surface area contributed by atoms with Crippen LogP contribution in [0.1, 0.15) is 26.3 Å². The zero-order chi connectivity index (χ0) is 14.6. The highest BCUT2D eigenvalue weighted by Crippen LogP contribution is 2.32. The molecular formula is C14H21NO4. The number of carbonyl (C=O) groups is 1. The van der Waals surface area contributed by atoms with E-state index in [-0.39, 0.29) is 11.8 Å². The molecule has 0 aromatic heterocycles. The number of phenolic OH excluding ortho intramolecular Hbond substituents is 1. The molecule has 0 aliphatic carbocycles. The zero-order valence-corrected chi connectivity index (χ0v) is 12.0. The molecular weight excluding hydrogens is 246 g/mol. The van der Waals surface area contributed by atoms with E-state index in [4.69, 9.17) is 9.47 Å². The summed E-state index contributed by atoms with van der Waals surface area (Å²) in [5, 5.41) is 12.8. The van der Waals surface area contributed by atoms with Crippen LogP contribution in [0.3, 0.4) is 0 Å². The molecule has 1 aromatic carbocycles. The van der Waals surface area contributed by atoms with Crippen LogP contribution in [-0.2, 0) is 15.1 Å². The summed E-state index contributed by atoms with van der Waals surface area (Å²) in [4.78, 5) is 12.1. The highest BCUT2D eigenvalue weighted by atomic mass is 16.5. The van der Waals surface area contributed by atoms with Gasteiger partial charge in [0.05, 0.1) is 14.2 Å². The number of esters is 1. The second kappa shape index (κ2) is 5.93. The average Bonchev–Trinajstić information content (AvgIpc) is 2.37. The number of nitrogens with one attached hydrogen (secondary N) is 1. The molecule has 0 fully saturated rings. The molecule has 0 spiro atoms. The van der Waals surface area contributed by atoms with Gasteiger partial charge in [0.1, 0.15) is 5.54 Å². The molecule has 1 rings (SSSR count). The molecule has 0 aliphatic rings. The SMILES string of the molecule is COC(=O)C(C)(NC(C)C)c1ccc(O)c(OC)c1. The Balaban J connectivity index is 3.28. The van der Waals surface area contributed by atoms with Crippen LogP contribution in [0.5, 0.6) is 11.5 Å². The monoisotopic (exact) mass is 267 g/mol. The zero-order valence-electron chi connectivity index (χ0n) is 12.0. The second-order valence-electron chi connectivity index (χ2n) is 4.80. The van der Waals surface area contributed by atoms with Gasteiger partial charge in [0, 0.05) is 6.04 Å². The summed E-state index contributed by atoms with van der Waals surface area (Å²) in [5.41, 5.74) is -0.327. The number of hydrogen-bond acceptors (Lipinski definition) is 5. The van der Waals surface area contributed by atoms with Crippen molar-refractivity contribution in [2.75, 3.05) is 14.2 Å². The second-order valence-corrected chi connectivity index (χ2v) is 4.80. The summed E-state index contributed by atoms with van der Waals surface area (Å²) in [5.74, 6) is -0.0462. The van der Waals surface area contributed by atoms with Gasteiger partial charge in [0.25, 0.3) is 0 Å². The molecule has 5 nitrogen and oxygen atoms in total. The Morgan fingerprint density at radius 3 is 2.47 bits per heavy atom. The van der Waals surface area contributed by atoms with Crippen LogP contribution < -0.4 is 10.1 Å². The lowest BCUT2D eigenvalue weighted by Crippen LogP contribution is -2.50. The Labute approximate surface area is 113 Å². The van der Waals surface area contributed by atoms with E-state index in [1.807, 2.05) is 13.8 Å². The lowest BCUT2D eigenvalue weighted by atomic mass is 9.90. The lowest BCUT2D eigenvalue weighted by Gasteiger charge is -2.31. The first kappa shape index (κ1) is 15.3. The van der Waals surface area contributed by atoms with Crippen molar-refractivity contribution in [3.8, 4) is 11.5 Å². The molecule has 0 aliphatic heterocycles. The van der Waals surface area contributed by atoms with Gasteiger partial charge in [-0.25, -0.2) is 4.79 Å². The summed E-state index contributed by atoms with van der Waals surface area (Å²) in [6, 6.07) is 4.88. The number of benzene rings is 1. The van der Waals surface area contributed by atoms with E-state index in [1.165, 1.54) is 20.3 Å². The molecule has 0 heterocycles. The molecule has 0 amide bonds. The average molecular weight is 267 g/mol. The van der Waals surface area contributed by atoms with Gasteiger partial charge >= 0.3 is 5.97 Å². The third kappa shape index (κ3) is 3.17. The lowest BCUT2D eigenvalue weighted by molar-refractivity contribution is -0.148. The predicted molar refractivity (Wildman–Crippen MR) is 72.3 cm³/mol. The van der Waals surface area contributed by atoms with Crippen molar-refractivity contribution in [2.24, 2.45) is 0 Å². The third-order valence-electron chi connectivity index (χ3n) is 2.93. The van der Waals surface area contributed by atoms with Crippen LogP contribution in [0, 0.1) is 0 Å². The van der Waals surface area contributed by atoms with Gasteiger partial charge in [0.15, 0.2) is 11.5 Å². The van der Waals surface area contributed by atoms with Crippen LogP contribution in [0.4, 0.5) is 0 Å². The van der Waals surface area contributed by atoms with E-state index >= 15 is 0 Å². The van der Waals surface area contributed by atoms with E-state index in [1.54, 1.807) is 19.1 Å². The van der Waals surface area contributed by atoms with E-state index in [9.17, 15) is 9.90 Å². The molecule has 0 saturated carbocycles. The summed E-state index contributed by atoms with van der Waals surface area (Å²) in [7, 11) is 2.81. The van der Waals surface area contributed by atoms with Crippen LogP contribution in [-0.4, -0.2) is 31.3 Å². The Kier molecular flexibility index (Phi) is 4.78. The van der Waals surface area contributed by atoms with Crippen LogP contribution >= 0.6 is 0 Å². The predicted octanol–water partition coefficient (Wildman–Crippen LogP) is 1.79. The Bertz CT molecular complexity index is 459. The Morgan fingerprint density at radius 2 is 2.00 bits per heavy atom. The van der Waals surface area contributed by atoms with Crippen LogP contribution in [0.25, 0.3) is 0 Å². The largest absolute Gasteiger partial charge is 0.504 e. The van der Waals surface area contributed by atoms with Crippen molar-refractivity contribution < 1.29 is 19.4 Å². The Hall–Kier alpha value is -1.75. The van der Waals surface area contributed by atoms with Crippen molar-refractivity contribution in [3.05, 3.63) is 23.8 Å². The van der Waals surface area contributed by atoms with Crippen LogP contribution in [0.2, 0.25) is 0 Å². The maximum atomic E-state index is 12.1. The van der Waals surface area contributed by atoms with Crippen molar-refractivity contribution >= 4 is 5.97 Å². The third-order valence-corrected chi connectivity index (χ3v) is 2.93. The minimum atomic E-state index is -0.996. The van der Waals surface area contributed by atoms with Gasteiger partial charge in [-0.05, 0) is 38.5 Å². The fourth-order valence-electron chi connectivity index (χ4n) is 2.03. The van der Waals surface area contributed by atoms with Gasteiger partial charge in [-0.1, -0.05) is 6.07 Å². The van der Waals surface area contributed by atoms with Crippen LogP contribution in [0.15, 0.2) is 18.2 Å². The van der Waals surface area contributed by atoms with E-state index < -0.39 is 11.5 Å². The molecule has 2 N–H and O–H groups in total. The number of hydrogen-bond donors (Lipinski definition) is 2. The highest BCUT2D eigenvalue weighted by Gasteiger charge is 2.37. The van der Waals surface area contributed by atoms with Crippen molar-refractivity contribution in [1.82, 2.24) is 5.32 Å². The number of ether oxygens (including phenoxy) is 2. The molecule has 1 aromatic rings. The first-order valence-electron chi connectivity index (χ1n) is 6.08. The summed E-state index contributed by atoms with van der Waals surface area (Å²) < 4.78 is 9.94. The van der Waals surface area contributed by atoms with Crippen molar-refractivity contribution in [3.63, 3.8) is 0 Å². The maximum absolute atomic E-state index is 12.1. The van der Waals surface area contributed by atoms with Crippen molar-refractivity contribution in [2.45, 2.75) is 32.4 Å². The highest BCUT2D eigenvalue weighted by molar-refractivity contribution is 5.82. The maximum Gasteiger partial charge on any atom is 0.330 e. The summed E-state index contributed by atoms with van der Waals surface area (Å²) in [6.45, 7) is 5.63. The fraction of sp³-hybridized carbons (Fsp3) is 0.500. The first-order valence-corrected chi connectivity index (χ1v) is 6.08. The number of phenols is 1.